The van der Waals surface area contributed by atoms with E-state index in [1.165, 1.54) is 6.07 Å². The van der Waals surface area contributed by atoms with Gasteiger partial charge in [-0.3, -0.25) is 0 Å². The molecule has 0 aliphatic rings. The van der Waals surface area contributed by atoms with E-state index in [0.29, 0.717) is 12.6 Å². The number of nitrogens with one attached hydrogen (secondary N) is 1. The number of hydrogen-bond acceptors (Lipinski definition) is 3. The van der Waals surface area contributed by atoms with Crippen LogP contribution in [0.15, 0.2) is 18.2 Å². The molecule has 4 heteroatoms. The van der Waals surface area contributed by atoms with E-state index in [2.05, 4.69) is 24.1 Å². The molecule has 0 aliphatic heterocycles. The van der Waals surface area contributed by atoms with E-state index < -0.39 is 0 Å². The van der Waals surface area contributed by atoms with Gasteiger partial charge in [-0.2, -0.15) is 0 Å². The van der Waals surface area contributed by atoms with Crippen LogP contribution in [0.1, 0.15) is 32.8 Å². The van der Waals surface area contributed by atoms with Crippen molar-refractivity contribution >= 4 is 5.69 Å². The number of nitrogens with zero attached hydrogens (tertiary/aromatic N) is 1. The molecular formula is C15H25FN2O. The third kappa shape index (κ3) is 4.80. The Hall–Kier alpha value is -1.13. The molecule has 2 N–H and O–H groups in total. The molecule has 0 heterocycles. The Morgan fingerprint density at radius 2 is 2.11 bits per heavy atom. The summed E-state index contributed by atoms with van der Waals surface area (Å²) in [5.41, 5.74) is 2.01. The van der Waals surface area contributed by atoms with Gasteiger partial charge in [-0.25, -0.2) is 4.39 Å². The molecule has 108 valence electrons. The van der Waals surface area contributed by atoms with Crippen molar-refractivity contribution < 1.29 is 9.50 Å². The summed E-state index contributed by atoms with van der Waals surface area (Å²) in [5.74, 6) is -0.206. The Morgan fingerprint density at radius 3 is 2.68 bits per heavy atom. The highest BCUT2D eigenvalue weighted by Crippen LogP contribution is 2.24. The SMILES string of the molecule is CCNCc1cc(F)ccc1N(CCCO)C(C)C. The van der Waals surface area contributed by atoms with Crippen LogP contribution < -0.4 is 10.2 Å². The average molecular weight is 268 g/mol. The Bertz CT molecular complexity index is 382. The number of aliphatic hydroxyl groups excluding tert-OH is 1. The summed E-state index contributed by atoms with van der Waals surface area (Å²) in [4.78, 5) is 2.21. The third-order valence-electron chi connectivity index (χ3n) is 3.10. The van der Waals surface area contributed by atoms with Gasteiger partial charge in [0.25, 0.3) is 0 Å². The molecule has 1 rings (SSSR count). The smallest absolute Gasteiger partial charge is 0.123 e. The molecule has 0 saturated carbocycles. The number of benzene rings is 1. The van der Waals surface area contributed by atoms with Crippen molar-refractivity contribution in [2.45, 2.75) is 39.8 Å². The van der Waals surface area contributed by atoms with Crippen LogP contribution in [0.25, 0.3) is 0 Å². The van der Waals surface area contributed by atoms with Crippen molar-refractivity contribution in [1.29, 1.82) is 0 Å². The summed E-state index contributed by atoms with van der Waals surface area (Å²) in [6.07, 6.45) is 0.718. The molecule has 0 fully saturated rings. The summed E-state index contributed by atoms with van der Waals surface area (Å²) in [5, 5.41) is 12.2. The zero-order valence-electron chi connectivity index (χ0n) is 12.1. The number of anilines is 1. The maximum absolute atomic E-state index is 13.4. The lowest BCUT2D eigenvalue weighted by atomic mass is 10.1. The highest BCUT2D eigenvalue weighted by molar-refractivity contribution is 5.54. The highest BCUT2D eigenvalue weighted by atomic mass is 19.1. The van der Waals surface area contributed by atoms with Gasteiger partial charge in [0.05, 0.1) is 0 Å². The predicted molar refractivity (Wildman–Crippen MR) is 78.0 cm³/mol. The summed E-state index contributed by atoms with van der Waals surface area (Å²) < 4.78 is 13.4. The van der Waals surface area contributed by atoms with Crippen LogP contribution in [0.2, 0.25) is 0 Å². The van der Waals surface area contributed by atoms with Crippen molar-refractivity contribution in [3.63, 3.8) is 0 Å². The zero-order chi connectivity index (χ0) is 14.3. The van der Waals surface area contributed by atoms with Gasteiger partial charge < -0.3 is 15.3 Å². The molecule has 1 aromatic carbocycles. The largest absolute Gasteiger partial charge is 0.396 e. The van der Waals surface area contributed by atoms with Crippen molar-refractivity contribution in [3.8, 4) is 0 Å². The summed E-state index contributed by atoms with van der Waals surface area (Å²) in [6, 6.07) is 5.24. The van der Waals surface area contributed by atoms with Crippen molar-refractivity contribution in [2.75, 3.05) is 24.6 Å². The van der Waals surface area contributed by atoms with Crippen LogP contribution >= 0.6 is 0 Å². The van der Waals surface area contributed by atoms with Crippen LogP contribution in [0.3, 0.4) is 0 Å². The first-order valence-electron chi connectivity index (χ1n) is 6.96. The van der Waals surface area contributed by atoms with Gasteiger partial charge in [0.1, 0.15) is 5.82 Å². The van der Waals surface area contributed by atoms with Crippen molar-refractivity contribution in [1.82, 2.24) is 5.32 Å². The lowest BCUT2D eigenvalue weighted by Crippen LogP contribution is -2.33. The van der Waals surface area contributed by atoms with E-state index in [0.717, 1.165) is 30.8 Å². The lowest BCUT2D eigenvalue weighted by molar-refractivity contribution is 0.288. The lowest BCUT2D eigenvalue weighted by Gasteiger charge is -2.31. The van der Waals surface area contributed by atoms with Gasteiger partial charge in [0.2, 0.25) is 0 Å². The number of aliphatic hydroxyl groups is 1. The maximum atomic E-state index is 13.4. The number of hydrogen-bond donors (Lipinski definition) is 2. The Kier molecular flexibility index (Phi) is 6.81. The quantitative estimate of drug-likeness (QED) is 0.760. The summed E-state index contributed by atoms with van der Waals surface area (Å²) in [6.45, 7) is 8.71. The fraction of sp³-hybridized carbons (Fsp3) is 0.600. The van der Waals surface area contributed by atoms with Gasteiger partial charge in [0, 0.05) is 31.4 Å². The first kappa shape index (κ1) is 15.9. The second-order valence-electron chi connectivity index (χ2n) is 4.92. The monoisotopic (exact) mass is 268 g/mol. The zero-order valence-corrected chi connectivity index (χ0v) is 12.1. The first-order valence-corrected chi connectivity index (χ1v) is 6.96. The fourth-order valence-electron chi connectivity index (χ4n) is 2.13. The van der Waals surface area contributed by atoms with E-state index in [4.69, 9.17) is 5.11 Å². The predicted octanol–water partition coefficient (Wildman–Crippen LogP) is 2.53. The molecule has 0 saturated heterocycles. The Labute approximate surface area is 115 Å². The normalized spacial score (nSPS) is 11.1. The summed E-state index contributed by atoms with van der Waals surface area (Å²) in [7, 11) is 0. The maximum Gasteiger partial charge on any atom is 0.123 e. The number of rotatable bonds is 8. The molecule has 0 aromatic heterocycles. The van der Waals surface area contributed by atoms with Gasteiger partial charge in [-0.15, -0.1) is 0 Å². The summed E-state index contributed by atoms with van der Waals surface area (Å²) >= 11 is 0. The average Bonchev–Trinajstić information content (AvgIpc) is 2.38. The minimum absolute atomic E-state index is 0.174. The van der Waals surface area contributed by atoms with Crippen molar-refractivity contribution in [2.24, 2.45) is 0 Å². The Balaban J connectivity index is 2.99. The van der Waals surface area contributed by atoms with Crippen LogP contribution in [0.5, 0.6) is 0 Å². The molecule has 3 nitrogen and oxygen atoms in total. The molecule has 0 amide bonds. The van der Waals surface area contributed by atoms with Gasteiger partial charge >= 0.3 is 0 Å². The van der Waals surface area contributed by atoms with Crippen LogP contribution in [0.4, 0.5) is 10.1 Å². The van der Waals surface area contributed by atoms with Gasteiger partial charge in [0.15, 0.2) is 0 Å². The number of halogens is 1. The molecule has 0 atom stereocenters. The highest BCUT2D eigenvalue weighted by Gasteiger charge is 2.14. The van der Waals surface area contributed by atoms with Crippen LogP contribution in [-0.4, -0.2) is 30.8 Å². The molecular weight excluding hydrogens is 243 g/mol. The van der Waals surface area contributed by atoms with E-state index >= 15 is 0 Å². The van der Waals surface area contributed by atoms with Crippen LogP contribution in [-0.2, 0) is 6.54 Å². The molecule has 0 aliphatic carbocycles. The molecule has 0 spiro atoms. The molecule has 0 bridgehead atoms. The third-order valence-corrected chi connectivity index (χ3v) is 3.10. The van der Waals surface area contributed by atoms with E-state index in [-0.39, 0.29) is 12.4 Å². The van der Waals surface area contributed by atoms with Crippen LogP contribution in [0, 0.1) is 5.82 Å². The fourth-order valence-corrected chi connectivity index (χ4v) is 2.13. The molecule has 0 radical (unpaired) electrons. The minimum atomic E-state index is -0.206. The van der Waals surface area contributed by atoms with Gasteiger partial charge in [-0.05, 0) is 50.6 Å². The van der Waals surface area contributed by atoms with E-state index in [9.17, 15) is 4.39 Å². The molecule has 19 heavy (non-hydrogen) atoms. The standard InChI is InChI=1S/C15H25FN2O/c1-4-17-11-13-10-14(16)6-7-15(13)18(12(2)3)8-5-9-19/h6-7,10,12,17,19H,4-5,8-9,11H2,1-3H3. The van der Waals surface area contributed by atoms with E-state index in [1.54, 1.807) is 6.07 Å². The van der Waals surface area contributed by atoms with Crippen molar-refractivity contribution in [3.05, 3.63) is 29.6 Å². The van der Waals surface area contributed by atoms with Gasteiger partial charge in [-0.1, -0.05) is 6.92 Å². The second-order valence-corrected chi connectivity index (χ2v) is 4.92. The molecule has 0 unspecified atom stereocenters. The van der Waals surface area contributed by atoms with E-state index in [1.807, 2.05) is 13.0 Å². The first-order chi connectivity index (χ1) is 9.10. The molecule has 1 aromatic rings. The minimum Gasteiger partial charge on any atom is -0.396 e. The second kappa shape index (κ2) is 8.12. The Morgan fingerprint density at radius 1 is 1.37 bits per heavy atom. The topological polar surface area (TPSA) is 35.5 Å².